The molecule has 0 aliphatic carbocycles. The van der Waals surface area contributed by atoms with E-state index in [1.165, 1.54) is 0 Å². The van der Waals surface area contributed by atoms with Gasteiger partial charge in [0.05, 0.1) is 0 Å². The summed E-state index contributed by atoms with van der Waals surface area (Å²) in [4.78, 5) is 28.3. The predicted octanol–water partition coefficient (Wildman–Crippen LogP) is 1.91. The van der Waals surface area contributed by atoms with Crippen molar-refractivity contribution in [1.29, 1.82) is 0 Å². The summed E-state index contributed by atoms with van der Waals surface area (Å²) in [5, 5.41) is 11.4. The summed E-state index contributed by atoms with van der Waals surface area (Å²) >= 11 is 0. The number of amides is 1. The van der Waals surface area contributed by atoms with E-state index in [2.05, 4.69) is 10.3 Å². The Balaban J connectivity index is 2.25. The van der Waals surface area contributed by atoms with Gasteiger partial charge in [0.1, 0.15) is 5.82 Å². The van der Waals surface area contributed by atoms with Crippen LogP contribution >= 0.6 is 0 Å². The van der Waals surface area contributed by atoms with E-state index < -0.39 is 5.97 Å². The van der Waals surface area contributed by atoms with Gasteiger partial charge in [0, 0.05) is 38.8 Å². The number of carbonyl (C=O) groups excluding carboxylic acids is 1. The fourth-order valence-corrected chi connectivity index (χ4v) is 1.86. The van der Waals surface area contributed by atoms with E-state index in [-0.39, 0.29) is 12.3 Å². The van der Waals surface area contributed by atoms with E-state index in [4.69, 9.17) is 5.11 Å². The lowest BCUT2D eigenvalue weighted by Gasteiger charge is -2.12. The van der Waals surface area contributed by atoms with E-state index in [1.54, 1.807) is 18.3 Å². The van der Waals surface area contributed by atoms with Crippen LogP contribution in [0.3, 0.4) is 0 Å². The van der Waals surface area contributed by atoms with Gasteiger partial charge >= 0.3 is 5.97 Å². The molecule has 116 valence electrons. The lowest BCUT2D eigenvalue weighted by Crippen LogP contribution is -2.25. The first-order chi connectivity index (χ1) is 10.0. The molecule has 1 rings (SSSR count). The zero-order valence-corrected chi connectivity index (χ0v) is 12.6. The largest absolute Gasteiger partial charge is 0.481 e. The molecule has 0 spiro atoms. The van der Waals surface area contributed by atoms with Gasteiger partial charge in [0.25, 0.3) is 5.91 Å². The van der Waals surface area contributed by atoms with Gasteiger partial charge in [-0.2, -0.15) is 0 Å². The summed E-state index contributed by atoms with van der Waals surface area (Å²) in [5.41, 5.74) is 0.597. The molecule has 6 heteroatoms. The number of aromatic nitrogens is 1. The highest BCUT2D eigenvalue weighted by Crippen LogP contribution is 2.09. The lowest BCUT2D eigenvalue weighted by molar-refractivity contribution is -0.137. The number of anilines is 1. The third-order valence-electron chi connectivity index (χ3n) is 3.07. The van der Waals surface area contributed by atoms with Crippen molar-refractivity contribution in [2.45, 2.75) is 32.1 Å². The monoisotopic (exact) mass is 293 g/mol. The quantitative estimate of drug-likeness (QED) is 0.680. The molecule has 1 heterocycles. The molecule has 1 aromatic rings. The smallest absolute Gasteiger partial charge is 0.303 e. The first-order valence-corrected chi connectivity index (χ1v) is 7.14. The summed E-state index contributed by atoms with van der Waals surface area (Å²) < 4.78 is 0. The summed E-state index contributed by atoms with van der Waals surface area (Å²) in [6.45, 7) is 0.603. The molecule has 6 nitrogen and oxygen atoms in total. The molecule has 0 aliphatic heterocycles. The highest BCUT2D eigenvalue weighted by atomic mass is 16.4. The topological polar surface area (TPSA) is 82.5 Å². The van der Waals surface area contributed by atoms with Crippen molar-refractivity contribution < 1.29 is 14.7 Å². The Kier molecular flexibility index (Phi) is 7.21. The van der Waals surface area contributed by atoms with Crippen LogP contribution in [-0.2, 0) is 4.79 Å². The molecular weight excluding hydrogens is 270 g/mol. The maximum Gasteiger partial charge on any atom is 0.303 e. The van der Waals surface area contributed by atoms with Crippen molar-refractivity contribution in [1.82, 2.24) is 10.3 Å². The number of nitrogens with zero attached hydrogens (tertiary/aromatic N) is 2. The van der Waals surface area contributed by atoms with E-state index in [0.29, 0.717) is 18.5 Å². The molecule has 0 aromatic carbocycles. The summed E-state index contributed by atoms with van der Waals surface area (Å²) in [5.74, 6) is -0.111. The van der Waals surface area contributed by atoms with Gasteiger partial charge in [-0.05, 0) is 25.0 Å². The molecule has 0 atom stereocenters. The number of pyridine rings is 1. The summed E-state index contributed by atoms with van der Waals surface area (Å²) in [6, 6.07) is 3.44. The van der Waals surface area contributed by atoms with Gasteiger partial charge in [-0.25, -0.2) is 4.98 Å². The zero-order valence-electron chi connectivity index (χ0n) is 12.6. The minimum Gasteiger partial charge on any atom is -0.481 e. The van der Waals surface area contributed by atoms with Crippen LogP contribution in [-0.4, -0.2) is 42.6 Å². The van der Waals surface area contributed by atoms with Crippen LogP contribution in [0.1, 0.15) is 42.5 Å². The average molecular weight is 293 g/mol. The first kappa shape index (κ1) is 16.9. The maximum absolute atomic E-state index is 12.0. The Hall–Kier alpha value is -2.11. The first-order valence-electron chi connectivity index (χ1n) is 7.14. The second kappa shape index (κ2) is 8.94. The zero-order chi connectivity index (χ0) is 15.7. The lowest BCUT2D eigenvalue weighted by atomic mass is 10.1. The van der Waals surface area contributed by atoms with Crippen LogP contribution in [0, 0.1) is 0 Å². The Morgan fingerprint density at radius 1 is 1.24 bits per heavy atom. The highest BCUT2D eigenvalue weighted by molar-refractivity contribution is 5.94. The molecule has 0 saturated heterocycles. The fraction of sp³-hybridized carbons (Fsp3) is 0.533. The number of rotatable bonds is 9. The van der Waals surface area contributed by atoms with E-state index in [1.807, 2.05) is 19.0 Å². The Morgan fingerprint density at radius 3 is 2.62 bits per heavy atom. The Labute approximate surface area is 125 Å². The molecule has 1 amide bonds. The standard InChI is InChI=1S/C15H23N3O3/c1-18(2)13-11-12(8-10-16-13)15(21)17-9-6-4-3-5-7-14(19)20/h8,10-11H,3-7,9H2,1-2H3,(H,17,21)(H,19,20). The van der Waals surface area contributed by atoms with Gasteiger partial charge in [-0.1, -0.05) is 12.8 Å². The fourth-order valence-electron chi connectivity index (χ4n) is 1.86. The summed E-state index contributed by atoms with van der Waals surface area (Å²) in [7, 11) is 3.75. The van der Waals surface area contributed by atoms with Crippen LogP contribution in [0.5, 0.6) is 0 Å². The molecule has 2 N–H and O–H groups in total. The molecular formula is C15H23N3O3. The van der Waals surface area contributed by atoms with Crippen molar-refractivity contribution in [3.8, 4) is 0 Å². The number of carboxylic acid groups (broad SMARTS) is 1. The molecule has 21 heavy (non-hydrogen) atoms. The van der Waals surface area contributed by atoms with Crippen molar-refractivity contribution >= 4 is 17.7 Å². The predicted molar refractivity (Wildman–Crippen MR) is 81.6 cm³/mol. The van der Waals surface area contributed by atoms with Crippen molar-refractivity contribution in [3.05, 3.63) is 23.9 Å². The molecule has 0 aliphatic rings. The minimum absolute atomic E-state index is 0.106. The molecule has 0 bridgehead atoms. The van der Waals surface area contributed by atoms with Crippen molar-refractivity contribution in [2.75, 3.05) is 25.5 Å². The third-order valence-corrected chi connectivity index (χ3v) is 3.07. The second-order valence-electron chi connectivity index (χ2n) is 5.11. The van der Waals surface area contributed by atoms with E-state index in [0.717, 1.165) is 25.1 Å². The van der Waals surface area contributed by atoms with Crippen LogP contribution in [0.4, 0.5) is 5.82 Å². The van der Waals surface area contributed by atoms with E-state index in [9.17, 15) is 9.59 Å². The molecule has 0 unspecified atom stereocenters. The van der Waals surface area contributed by atoms with Crippen LogP contribution in [0.15, 0.2) is 18.3 Å². The van der Waals surface area contributed by atoms with E-state index >= 15 is 0 Å². The SMILES string of the molecule is CN(C)c1cc(C(=O)NCCCCCCC(=O)O)ccn1. The number of carboxylic acids is 1. The molecule has 1 aromatic heterocycles. The number of unbranched alkanes of at least 4 members (excludes halogenated alkanes) is 3. The molecule has 0 fully saturated rings. The third kappa shape index (κ3) is 6.74. The van der Waals surface area contributed by atoms with Gasteiger partial charge in [-0.3, -0.25) is 9.59 Å². The van der Waals surface area contributed by atoms with Gasteiger partial charge in [0.2, 0.25) is 0 Å². The number of aliphatic carboxylic acids is 1. The second-order valence-corrected chi connectivity index (χ2v) is 5.11. The normalized spacial score (nSPS) is 10.2. The van der Waals surface area contributed by atoms with Crippen LogP contribution in [0.2, 0.25) is 0 Å². The highest BCUT2D eigenvalue weighted by Gasteiger charge is 2.07. The van der Waals surface area contributed by atoms with Crippen LogP contribution in [0.25, 0.3) is 0 Å². The van der Waals surface area contributed by atoms with Gasteiger partial charge in [-0.15, -0.1) is 0 Å². The van der Waals surface area contributed by atoms with Crippen molar-refractivity contribution in [2.24, 2.45) is 0 Å². The van der Waals surface area contributed by atoms with Gasteiger partial charge in [0.15, 0.2) is 0 Å². The Morgan fingerprint density at radius 2 is 1.95 bits per heavy atom. The number of hydrogen-bond donors (Lipinski definition) is 2. The minimum atomic E-state index is -0.752. The number of nitrogens with one attached hydrogen (secondary N) is 1. The summed E-state index contributed by atoms with van der Waals surface area (Å²) in [6.07, 6.45) is 5.19. The van der Waals surface area contributed by atoms with Crippen LogP contribution < -0.4 is 10.2 Å². The average Bonchev–Trinajstić information content (AvgIpc) is 2.45. The molecule has 0 saturated carbocycles. The van der Waals surface area contributed by atoms with Crippen molar-refractivity contribution in [3.63, 3.8) is 0 Å². The number of carbonyl (C=O) groups is 2. The molecule has 0 radical (unpaired) electrons. The number of hydrogen-bond acceptors (Lipinski definition) is 4. The maximum atomic E-state index is 12.0. The van der Waals surface area contributed by atoms with Gasteiger partial charge < -0.3 is 15.3 Å². The Bertz CT molecular complexity index is 475.